The highest BCUT2D eigenvalue weighted by molar-refractivity contribution is 7.99. The van der Waals surface area contributed by atoms with Crippen molar-refractivity contribution in [3.8, 4) is 0 Å². The van der Waals surface area contributed by atoms with Gasteiger partial charge in [0.05, 0.1) is 0 Å². The van der Waals surface area contributed by atoms with Gasteiger partial charge in [0.2, 0.25) is 0 Å². The minimum absolute atomic E-state index is 0.830. The van der Waals surface area contributed by atoms with E-state index >= 15 is 0 Å². The number of rotatable bonds is 11. The first kappa shape index (κ1) is 17.1. The molecule has 0 rings (SSSR count). The van der Waals surface area contributed by atoms with E-state index in [-0.39, 0.29) is 0 Å². The van der Waals surface area contributed by atoms with E-state index in [0.29, 0.717) is 0 Å². The van der Waals surface area contributed by atoms with Crippen molar-refractivity contribution in [2.45, 2.75) is 71.0 Å². The summed E-state index contributed by atoms with van der Waals surface area (Å²) in [5.41, 5.74) is 0. The fourth-order valence-electron chi connectivity index (χ4n) is 2.23. The molecule has 0 bridgehead atoms. The first-order valence-corrected chi connectivity index (χ1v) is 8.52. The molecule has 0 aliphatic rings. The molecule has 0 saturated carbocycles. The number of hydrogen-bond acceptors (Lipinski definition) is 1. The summed E-state index contributed by atoms with van der Waals surface area (Å²) in [6, 6.07) is 0. The van der Waals surface area contributed by atoms with Gasteiger partial charge >= 0.3 is 0 Å². The van der Waals surface area contributed by atoms with Crippen molar-refractivity contribution < 1.29 is 0 Å². The highest BCUT2D eigenvalue weighted by Crippen LogP contribution is 2.21. The van der Waals surface area contributed by atoms with Gasteiger partial charge in [-0.15, -0.1) is 6.58 Å². The average Bonchev–Trinajstić information content (AvgIpc) is 2.29. The lowest BCUT2D eigenvalue weighted by atomic mass is 9.93. The maximum atomic E-state index is 3.81. The largest absolute Gasteiger partial charge is 0.162 e. The third-order valence-corrected chi connectivity index (χ3v) is 4.71. The monoisotopic (exact) mass is 256 g/mol. The summed E-state index contributed by atoms with van der Waals surface area (Å²) in [6.45, 7) is 10.9. The molecule has 102 valence electrons. The van der Waals surface area contributed by atoms with Gasteiger partial charge in [-0.2, -0.15) is 11.8 Å². The third kappa shape index (κ3) is 10.9. The molecular weight excluding hydrogens is 224 g/mol. The first-order valence-electron chi connectivity index (χ1n) is 7.23. The van der Waals surface area contributed by atoms with Crippen LogP contribution in [-0.4, -0.2) is 11.5 Å². The van der Waals surface area contributed by atoms with Gasteiger partial charge in [-0.1, -0.05) is 59.0 Å². The molecular formula is C16H32S. The Labute approximate surface area is 114 Å². The van der Waals surface area contributed by atoms with Crippen molar-refractivity contribution in [1.29, 1.82) is 0 Å². The summed E-state index contributed by atoms with van der Waals surface area (Å²) in [5.74, 6) is 1.75. The highest BCUT2D eigenvalue weighted by Gasteiger charge is 2.06. The zero-order valence-electron chi connectivity index (χ0n) is 12.4. The van der Waals surface area contributed by atoms with Crippen molar-refractivity contribution >= 4 is 11.8 Å². The third-order valence-electron chi connectivity index (χ3n) is 3.67. The molecule has 17 heavy (non-hydrogen) atoms. The molecule has 0 fully saturated rings. The van der Waals surface area contributed by atoms with Crippen LogP contribution in [0.5, 0.6) is 0 Å². The van der Waals surface area contributed by atoms with E-state index in [1.54, 1.807) is 0 Å². The lowest BCUT2D eigenvalue weighted by Gasteiger charge is -2.14. The Morgan fingerprint density at radius 1 is 0.941 bits per heavy atom. The minimum atomic E-state index is 0.830. The van der Waals surface area contributed by atoms with E-state index in [0.717, 1.165) is 17.1 Å². The van der Waals surface area contributed by atoms with E-state index in [1.165, 1.54) is 44.9 Å². The predicted molar refractivity (Wildman–Crippen MR) is 83.8 cm³/mol. The first-order chi connectivity index (χ1) is 8.10. The molecule has 0 aromatic carbocycles. The number of hydrogen-bond donors (Lipinski definition) is 0. The number of allylic oxidation sites excluding steroid dienone is 1. The lowest BCUT2D eigenvalue weighted by Crippen LogP contribution is -2.00. The molecule has 0 N–H and O–H groups in total. The van der Waals surface area contributed by atoms with E-state index < -0.39 is 0 Å². The Morgan fingerprint density at radius 2 is 1.47 bits per heavy atom. The second kappa shape index (κ2) is 11.2. The summed E-state index contributed by atoms with van der Waals surface area (Å²) >= 11 is 1.99. The highest BCUT2D eigenvalue weighted by atomic mass is 32.2. The fourth-order valence-corrected chi connectivity index (χ4v) is 2.64. The maximum absolute atomic E-state index is 3.81. The van der Waals surface area contributed by atoms with Crippen LogP contribution in [0.3, 0.4) is 0 Å². The number of thioether (sulfide) groups is 1. The van der Waals surface area contributed by atoms with Crippen LogP contribution < -0.4 is 0 Å². The van der Waals surface area contributed by atoms with Gasteiger partial charge in [0, 0.05) is 5.25 Å². The SMILES string of the molecule is C=CCC(C)CCCC(C)CCCC(C)SC. The van der Waals surface area contributed by atoms with Gasteiger partial charge in [-0.25, -0.2) is 0 Å². The summed E-state index contributed by atoms with van der Waals surface area (Å²) in [7, 11) is 0. The van der Waals surface area contributed by atoms with Crippen LogP contribution in [-0.2, 0) is 0 Å². The van der Waals surface area contributed by atoms with Crippen LogP contribution >= 0.6 is 11.8 Å². The van der Waals surface area contributed by atoms with E-state index in [1.807, 2.05) is 11.8 Å². The molecule has 0 saturated heterocycles. The summed E-state index contributed by atoms with van der Waals surface area (Å²) in [4.78, 5) is 0. The van der Waals surface area contributed by atoms with Crippen molar-refractivity contribution in [2.75, 3.05) is 6.26 Å². The predicted octanol–water partition coefficient (Wildman–Crippen LogP) is 5.93. The standard InChI is InChI=1S/C16H32S/c1-6-9-14(2)10-7-11-15(3)12-8-13-16(4)17-5/h6,14-16H,1,7-13H2,2-5H3. The average molecular weight is 256 g/mol. The molecule has 3 atom stereocenters. The van der Waals surface area contributed by atoms with Crippen LogP contribution in [0.4, 0.5) is 0 Å². The Balaban J connectivity index is 3.40. The van der Waals surface area contributed by atoms with Crippen LogP contribution in [0, 0.1) is 11.8 Å². The molecule has 0 amide bonds. The van der Waals surface area contributed by atoms with Gasteiger partial charge in [0.1, 0.15) is 0 Å². The normalized spacial score (nSPS) is 16.5. The molecule has 0 spiro atoms. The van der Waals surface area contributed by atoms with Gasteiger partial charge < -0.3 is 0 Å². The van der Waals surface area contributed by atoms with Crippen molar-refractivity contribution in [3.63, 3.8) is 0 Å². The quantitative estimate of drug-likeness (QED) is 0.413. The zero-order chi connectivity index (χ0) is 13.1. The molecule has 0 aromatic heterocycles. The lowest BCUT2D eigenvalue weighted by molar-refractivity contribution is 0.414. The van der Waals surface area contributed by atoms with E-state index in [2.05, 4.69) is 39.7 Å². The van der Waals surface area contributed by atoms with E-state index in [9.17, 15) is 0 Å². The maximum Gasteiger partial charge on any atom is 0.00159 e. The van der Waals surface area contributed by atoms with E-state index in [4.69, 9.17) is 0 Å². The molecule has 0 nitrogen and oxygen atoms in total. The van der Waals surface area contributed by atoms with Crippen molar-refractivity contribution in [1.82, 2.24) is 0 Å². The molecule has 3 unspecified atom stereocenters. The minimum Gasteiger partial charge on any atom is -0.162 e. The van der Waals surface area contributed by atoms with Crippen molar-refractivity contribution in [2.24, 2.45) is 11.8 Å². The summed E-state index contributed by atoms with van der Waals surface area (Å²) in [5, 5.41) is 0.842. The van der Waals surface area contributed by atoms with Crippen LogP contribution in [0.25, 0.3) is 0 Å². The Kier molecular flexibility index (Phi) is 11.3. The Bertz CT molecular complexity index is 176. The van der Waals surface area contributed by atoms with Gasteiger partial charge in [0.15, 0.2) is 0 Å². The molecule has 1 heteroatoms. The van der Waals surface area contributed by atoms with Crippen LogP contribution in [0.15, 0.2) is 12.7 Å². The summed E-state index contributed by atoms with van der Waals surface area (Å²) in [6.07, 6.45) is 13.8. The molecule has 0 aliphatic carbocycles. The van der Waals surface area contributed by atoms with Crippen LogP contribution in [0.2, 0.25) is 0 Å². The smallest absolute Gasteiger partial charge is 0.00159 e. The summed E-state index contributed by atoms with van der Waals surface area (Å²) < 4.78 is 0. The second-order valence-electron chi connectivity index (χ2n) is 5.64. The Morgan fingerprint density at radius 3 is 2.00 bits per heavy atom. The topological polar surface area (TPSA) is 0 Å². The van der Waals surface area contributed by atoms with Crippen molar-refractivity contribution in [3.05, 3.63) is 12.7 Å². The molecule has 0 heterocycles. The van der Waals surface area contributed by atoms with Gasteiger partial charge in [-0.3, -0.25) is 0 Å². The molecule has 0 aliphatic heterocycles. The molecule has 0 radical (unpaired) electrons. The Hall–Kier alpha value is 0.0900. The molecule has 0 aromatic rings. The van der Waals surface area contributed by atoms with Gasteiger partial charge in [-0.05, 0) is 30.9 Å². The zero-order valence-corrected chi connectivity index (χ0v) is 13.2. The van der Waals surface area contributed by atoms with Crippen LogP contribution in [0.1, 0.15) is 65.7 Å². The fraction of sp³-hybridized carbons (Fsp3) is 0.875. The van der Waals surface area contributed by atoms with Gasteiger partial charge in [0.25, 0.3) is 0 Å². The second-order valence-corrected chi connectivity index (χ2v) is 6.92.